The zero-order valence-corrected chi connectivity index (χ0v) is 14.5. The molecule has 2 N–H and O–H groups in total. The third-order valence-electron chi connectivity index (χ3n) is 3.03. The molecule has 0 fully saturated rings. The van der Waals surface area contributed by atoms with Gasteiger partial charge in [-0.15, -0.1) is 0 Å². The standard InChI is InChI=1S/C15H20BrN3O3/c1-4-13(20)17-8-15(22)19(3)9-14(21)18-12-6-5-11(16)7-10(12)2/h5-7H,4,8-9H2,1-3H3,(H,17,20)(H,18,21). The van der Waals surface area contributed by atoms with Crippen molar-refractivity contribution in [3.05, 3.63) is 28.2 Å². The highest BCUT2D eigenvalue weighted by molar-refractivity contribution is 9.10. The Balaban J connectivity index is 2.50. The average Bonchev–Trinajstić information content (AvgIpc) is 2.47. The Hall–Kier alpha value is -1.89. The van der Waals surface area contributed by atoms with Gasteiger partial charge in [0.15, 0.2) is 0 Å². The number of halogens is 1. The van der Waals surface area contributed by atoms with Crippen molar-refractivity contribution in [2.45, 2.75) is 20.3 Å². The average molecular weight is 370 g/mol. The van der Waals surface area contributed by atoms with Crippen LogP contribution in [-0.2, 0) is 14.4 Å². The minimum atomic E-state index is -0.315. The predicted octanol–water partition coefficient (Wildman–Crippen LogP) is 1.68. The summed E-state index contributed by atoms with van der Waals surface area (Å²) in [5, 5.41) is 5.24. The Labute approximate surface area is 138 Å². The zero-order valence-electron chi connectivity index (χ0n) is 12.9. The molecule has 0 atom stereocenters. The highest BCUT2D eigenvalue weighted by Crippen LogP contribution is 2.19. The molecule has 1 aromatic rings. The summed E-state index contributed by atoms with van der Waals surface area (Å²) in [4.78, 5) is 36.1. The van der Waals surface area contributed by atoms with E-state index >= 15 is 0 Å². The van der Waals surface area contributed by atoms with Crippen molar-refractivity contribution in [1.82, 2.24) is 10.2 Å². The lowest BCUT2D eigenvalue weighted by atomic mass is 10.2. The molecule has 0 saturated carbocycles. The van der Waals surface area contributed by atoms with Crippen LogP contribution >= 0.6 is 15.9 Å². The normalized spacial score (nSPS) is 10.0. The molecule has 0 aromatic heterocycles. The van der Waals surface area contributed by atoms with Gasteiger partial charge in [0.25, 0.3) is 0 Å². The molecule has 0 unspecified atom stereocenters. The molecule has 1 aromatic carbocycles. The Kier molecular flexibility index (Phi) is 7.04. The van der Waals surface area contributed by atoms with E-state index < -0.39 is 0 Å². The summed E-state index contributed by atoms with van der Waals surface area (Å²) < 4.78 is 0.932. The number of hydrogen-bond acceptors (Lipinski definition) is 3. The second kappa shape index (κ2) is 8.53. The Morgan fingerprint density at radius 1 is 1.23 bits per heavy atom. The van der Waals surface area contributed by atoms with Gasteiger partial charge in [0, 0.05) is 23.6 Å². The van der Waals surface area contributed by atoms with E-state index in [0.29, 0.717) is 12.1 Å². The van der Waals surface area contributed by atoms with Gasteiger partial charge in [-0.1, -0.05) is 22.9 Å². The van der Waals surface area contributed by atoms with Crippen molar-refractivity contribution >= 4 is 39.3 Å². The van der Waals surface area contributed by atoms with Crippen LogP contribution in [0.4, 0.5) is 5.69 Å². The molecule has 0 aliphatic heterocycles. The van der Waals surface area contributed by atoms with Crippen molar-refractivity contribution in [2.24, 2.45) is 0 Å². The Bertz CT molecular complexity index is 575. The minimum absolute atomic E-state index is 0.0731. The molecule has 0 bridgehead atoms. The maximum atomic E-state index is 12.0. The number of aryl methyl sites for hydroxylation is 1. The molecule has 7 heteroatoms. The fraction of sp³-hybridized carbons (Fsp3) is 0.400. The van der Waals surface area contributed by atoms with Crippen molar-refractivity contribution in [3.8, 4) is 0 Å². The molecule has 0 saturated heterocycles. The van der Waals surface area contributed by atoms with E-state index in [1.165, 1.54) is 11.9 Å². The van der Waals surface area contributed by atoms with E-state index in [1.54, 1.807) is 13.0 Å². The monoisotopic (exact) mass is 369 g/mol. The van der Waals surface area contributed by atoms with E-state index in [-0.39, 0.29) is 30.8 Å². The molecule has 0 aliphatic carbocycles. The SMILES string of the molecule is CCC(=O)NCC(=O)N(C)CC(=O)Nc1ccc(Br)cc1C. The van der Waals surface area contributed by atoms with Crippen molar-refractivity contribution < 1.29 is 14.4 Å². The van der Waals surface area contributed by atoms with Crippen molar-refractivity contribution in [3.63, 3.8) is 0 Å². The summed E-state index contributed by atoms with van der Waals surface area (Å²) in [6, 6.07) is 5.52. The number of nitrogens with zero attached hydrogens (tertiary/aromatic N) is 1. The highest BCUT2D eigenvalue weighted by atomic mass is 79.9. The summed E-state index contributed by atoms with van der Waals surface area (Å²) in [5.41, 5.74) is 1.63. The largest absolute Gasteiger partial charge is 0.347 e. The van der Waals surface area contributed by atoms with Crippen molar-refractivity contribution in [1.29, 1.82) is 0 Å². The predicted molar refractivity (Wildman–Crippen MR) is 88.4 cm³/mol. The number of nitrogens with one attached hydrogen (secondary N) is 2. The van der Waals surface area contributed by atoms with E-state index in [1.807, 2.05) is 19.1 Å². The molecule has 0 spiro atoms. The number of carbonyl (C=O) groups excluding carboxylic acids is 3. The number of carbonyl (C=O) groups is 3. The van der Waals surface area contributed by atoms with Crippen LogP contribution in [0.1, 0.15) is 18.9 Å². The second-order valence-corrected chi connectivity index (χ2v) is 5.80. The molecular formula is C15H20BrN3O3. The van der Waals surface area contributed by atoms with Crippen molar-refractivity contribution in [2.75, 3.05) is 25.5 Å². The maximum Gasteiger partial charge on any atom is 0.243 e. The number of anilines is 1. The lowest BCUT2D eigenvalue weighted by Crippen LogP contribution is -2.41. The van der Waals surface area contributed by atoms with Gasteiger partial charge in [0.2, 0.25) is 17.7 Å². The molecule has 0 heterocycles. The molecule has 3 amide bonds. The molecule has 1 rings (SSSR count). The van der Waals surface area contributed by atoms with Gasteiger partial charge in [-0.05, 0) is 30.7 Å². The molecule has 0 radical (unpaired) electrons. The summed E-state index contributed by atoms with van der Waals surface area (Å²) in [6.45, 7) is 3.41. The van der Waals surface area contributed by atoms with Gasteiger partial charge in [-0.25, -0.2) is 0 Å². The molecule has 6 nitrogen and oxygen atoms in total. The molecular weight excluding hydrogens is 350 g/mol. The number of amides is 3. The van der Waals surface area contributed by atoms with E-state index in [0.717, 1.165) is 10.0 Å². The Morgan fingerprint density at radius 3 is 2.50 bits per heavy atom. The smallest absolute Gasteiger partial charge is 0.243 e. The number of rotatable bonds is 6. The van der Waals surface area contributed by atoms with Gasteiger partial charge in [-0.2, -0.15) is 0 Å². The molecule has 22 heavy (non-hydrogen) atoms. The van der Waals surface area contributed by atoms with Crippen LogP contribution in [0.2, 0.25) is 0 Å². The number of hydrogen-bond donors (Lipinski definition) is 2. The third kappa shape index (κ3) is 5.85. The van der Waals surface area contributed by atoms with Crippen LogP contribution in [0.25, 0.3) is 0 Å². The molecule has 0 aliphatic rings. The van der Waals surface area contributed by atoms with Gasteiger partial charge in [0.05, 0.1) is 13.1 Å². The fourth-order valence-corrected chi connectivity index (χ4v) is 2.17. The second-order valence-electron chi connectivity index (χ2n) is 4.89. The summed E-state index contributed by atoms with van der Waals surface area (Å²) >= 11 is 3.36. The Morgan fingerprint density at radius 2 is 1.91 bits per heavy atom. The van der Waals surface area contributed by atoms with Gasteiger partial charge < -0.3 is 15.5 Å². The fourth-order valence-electron chi connectivity index (χ4n) is 1.69. The van der Waals surface area contributed by atoms with Crippen LogP contribution in [-0.4, -0.2) is 42.8 Å². The minimum Gasteiger partial charge on any atom is -0.347 e. The first-order chi connectivity index (χ1) is 10.3. The maximum absolute atomic E-state index is 12.0. The van der Waals surface area contributed by atoms with Crippen LogP contribution in [0.3, 0.4) is 0 Å². The third-order valence-corrected chi connectivity index (χ3v) is 3.52. The summed E-state index contributed by atoms with van der Waals surface area (Å²) in [6.07, 6.45) is 0.320. The summed E-state index contributed by atoms with van der Waals surface area (Å²) in [7, 11) is 1.52. The van der Waals surface area contributed by atoms with Gasteiger partial charge in [-0.3, -0.25) is 14.4 Å². The number of likely N-dealkylation sites (N-methyl/N-ethyl adjacent to an activating group) is 1. The van der Waals surface area contributed by atoms with Gasteiger partial charge >= 0.3 is 0 Å². The van der Waals surface area contributed by atoms with Crippen LogP contribution in [0, 0.1) is 6.92 Å². The van der Waals surface area contributed by atoms with Crippen LogP contribution in [0.5, 0.6) is 0 Å². The van der Waals surface area contributed by atoms with E-state index in [4.69, 9.17) is 0 Å². The van der Waals surface area contributed by atoms with Crippen LogP contribution < -0.4 is 10.6 Å². The first kappa shape index (κ1) is 18.2. The first-order valence-electron chi connectivity index (χ1n) is 6.90. The van der Waals surface area contributed by atoms with Gasteiger partial charge in [0.1, 0.15) is 0 Å². The lowest BCUT2D eigenvalue weighted by molar-refractivity contribution is -0.134. The topological polar surface area (TPSA) is 78.5 Å². The zero-order chi connectivity index (χ0) is 16.7. The first-order valence-corrected chi connectivity index (χ1v) is 7.69. The van der Waals surface area contributed by atoms with E-state index in [9.17, 15) is 14.4 Å². The van der Waals surface area contributed by atoms with E-state index in [2.05, 4.69) is 26.6 Å². The lowest BCUT2D eigenvalue weighted by Gasteiger charge is -2.17. The van der Waals surface area contributed by atoms with Crippen LogP contribution in [0.15, 0.2) is 22.7 Å². The molecule has 120 valence electrons. The number of benzene rings is 1. The highest BCUT2D eigenvalue weighted by Gasteiger charge is 2.14. The summed E-state index contributed by atoms with van der Waals surface area (Å²) in [5.74, 6) is -0.802. The quantitative estimate of drug-likeness (QED) is 0.800.